The lowest BCUT2D eigenvalue weighted by atomic mass is 10.1. The van der Waals surface area contributed by atoms with Gasteiger partial charge in [0.25, 0.3) is 5.91 Å². The van der Waals surface area contributed by atoms with Gasteiger partial charge in [0, 0.05) is 66.0 Å². The van der Waals surface area contributed by atoms with E-state index in [1.54, 1.807) is 10.7 Å². The fourth-order valence-corrected chi connectivity index (χ4v) is 6.10. The number of anilines is 3. The van der Waals surface area contributed by atoms with E-state index in [0.29, 0.717) is 17.2 Å². The average molecular weight is 608 g/mol. The quantitative estimate of drug-likeness (QED) is 0.201. The van der Waals surface area contributed by atoms with Gasteiger partial charge < -0.3 is 20.0 Å². The summed E-state index contributed by atoms with van der Waals surface area (Å²) in [6.07, 6.45) is 1.76. The van der Waals surface area contributed by atoms with E-state index in [9.17, 15) is 4.79 Å². The smallest absolute Gasteiger partial charge is 0.255 e. The highest BCUT2D eigenvalue weighted by molar-refractivity contribution is 6.09. The molecule has 1 saturated heterocycles. The first kappa shape index (κ1) is 28.0. The van der Waals surface area contributed by atoms with Crippen molar-refractivity contribution in [3.8, 4) is 11.3 Å². The Kier molecular flexibility index (Phi) is 7.17. The van der Waals surface area contributed by atoms with Crippen molar-refractivity contribution in [2.75, 3.05) is 43.9 Å². The molecule has 1 aliphatic heterocycles. The molecule has 7 aromatic rings. The molecule has 2 N–H and O–H groups in total. The van der Waals surface area contributed by atoms with Gasteiger partial charge in [-0.2, -0.15) is 5.10 Å². The van der Waals surface area contributed by atoms with Crippen LogP contribution in [0.3, 0.4) is 0 Å². The Morgan fingerprint density at radius 3 is 2.41 bits per heavy atom. The number of para-hydroxylation sites is 2. The monoisotopic (exact) mass is 607 g/mol. The van der Waals surface area contributed by atoms with Gasteiger partial charge in [0.05, 0.1) is 17.4 Å². The molecule has 0 unspecified atom stereocenters. The Morgan fingerprint density at radius 2 is 1.59 bits per heavy atom. The summed E-state index contributed by atoms with van der Waals surface area (Å²) < 4.78 is 8.05. The van der Waals surface area contributed by atoms with Crippen LogP contribution in [-0.2, 0) is 6.54 Å². The summed E-state index contributed by atoms with van der Waals surface area (Å²) in [5.74, 6) is 0.429. The van der Waals surface area contributed by atoms with Crippen molar-refractivity contribution >= 4 is 50.7 Å². The molecule has 1 fully saturated rings. The lowest BCUT2D eigenvalue weighted by Gasteiger charge is -2.32. The number of benzene rings is 4. The average Bonchev–Trinajstić information content (AvgIpc) is 3.72. The zero-order chi connectivity index (χ0) is 31.0. The third-order valence-electron chi connectivity index (χ3n) is 8.68. The third kappa shape index (κ3) is 5.47. The molecule has 1 amide bonds. The molecular weight excluding hydrogens is 574 g/mol. The van der Waals surface area contributed by atoms with Crippen LogP contribution in [0.25, 0.3) is 38.7 Å². The zero-order valence-electron chi connectivity index (χ0n) is 25.5. The number of likely N-dealkylation sites (N-methyl/N-ethyl adjacent to an activating group) is 1. The topological polar surface area (TPSA) is 90.9 Å². The molecule has 46 heavy (non-hydrogen) atoms. The normalized spacial score (nSPS) is 14.3. The molecule has 0 spiro atoms. The Hall–Kier alpha value is -5.51. The summed E-state index contributed by atoms with van der Waals surface area (Å²) >= 11 is 0. The van der Waals surface area contributed by atoms with Crippen molar-refractivity contribution in [3.63, 3.8) is 0 Å². The van der Waals surface area contributed by atoms with Crippen molar-refractivity contribution in [3.05, 3.63) is 120 Å². The first-order chi connectivity index (χ1) is 22.6. The number of piperazine rings is 1. The minimum atomic E-state index is -0.140. The van der Waals surface area contributed by atoms with Crippen molar-refractivity contribution in [2.24, 2.45) is 0 Å². The molecule has 0 radical (unpaired) electrons. The van der Waals surface area contributed by atoms with Crippen molar-refractivity contribution in [1.82, 2.24) is 24.4 Å². The fourth-order valence-electron chi connectivity index (χ4n) is 6.10. The maximum absolute atomic E-state index is 13.0. The number of furan rings is 1. The van der Waals surface area contributed by atoms with E-state index in [1.165, 1.54) is 5.56 Å². The predicted octanol–water partition coefficient (Wildman–Crippen LogP) is 7.04. The van der Waals surface area contributed by atoms with Gasteiger partial charge in [-0.15, -0.1) is 0 Å². The SMILES string of the molecule is CN1CCN(Cc2ccc(C(=O)Nc3ccc(Nc4nc(-c5cccc6c5oc5ccccc56)cc5ccnn45)cc3)cc2)CC1. The molecule has 0 atom stereocenters. The number of fused-ring (bicyclic) bond motifs is 4. The molecular formula is C37H33N7O2. The van der Waals surface area contributed by atoms with Crippen LogP contribution in [0.5, 0.6) is 0 Å². The number of hydrogen-bond acceptors (Lipinski definition) is 7. The van der Waals surface area contributed by atoms with E-state index in [4.69, 9.17) is 9.40 Å². The highest BCUT2D eigenvalue weighted by atomic mass is 16.3. The summed E-state index contributed by atoms with van der Waals surface area (Å²) in [4.78, 5) is 22.8. The summed E-state index contributed by atoms with van der Waals surface area (Å²) in [6, 6.07) is 33.6. The van der Waals surface area contributed by atoms with Crippen LogP contribution < -0.4 is 10.6 Å². The van der Waals surface area contributed by atoms with Crippen LogP contribution in [0.4, 0.5) is 17.3 Å². The lowest BCUT2D eigenvalue weighted by molar-refractivity contribution is 0.102. The van der Waals surface area contributed by atoms with Gasteiger partial charge in [0.1, 0.15) is 11.2 Å². The Bertz CT molecular complexity index is 2180. The zero-order valence-corrected chi connectivity index (χ0v) is 25.5. The lowest BCUT2D eigenvalue weighted by Crippen LogP contribution is -2.43. The molecule has 9 heteroatoms. The van der Waals surface area contributed by atoms with E-state index in [2.05, 4.69) is 44.7 Å². The van der Waals surface area contributed by atoms with Gasteiger partial charge in [0.15, 0.2) is 0 Å². The molecule has 8 rings (SSSR count). The number of nitrogens with zero attached hydrogens (tertiary/aromatic N) is 5. The maximum Gasteiger partial charge on any atom is 0.255 e. The Balaban J connectivity index is 0.987. The molecule has 3 aromatic heterocycles. The molecule has 0 bridgehead atoms. The molecule has 1 aliphatic rings. The molecule has 4 aromatic carbocycles. The van der Waals surface area contributed by atoms with E-state index in [0.717, 1.165) is 77.1 Å². The van der Waals surface area contributed by atoms with E-state index in [1.807, 2.05) is 91.0 Å². The van der Waals surface area contributed by atoms with E-state index in [-0.39, 0.29) is 5.91 Å². The number of hydrogen-bond donors (Lipinski definition) is 2. The second-order valence-electron chi connectivity index (χ2n) is 11.8. The van der Waals surface area contributed by atoms with Gasteiger partial charge in [-0.25, -0.2) is 9.50 Å². The number of carbonyl (C=O) groups is 1. The number of aromatic nitrogens is 3. The number of nitrogens with one attached hydrogen (secondary N) is 2. The van der Waals surface area contributed by atoms with Crippen molar-refractivity contribution in [1.29, 1.82) is 0 Å². The number of carbonyl (C=O) groups excluding carboxylic acids is 1. The summed E-state index contributed by atoms with van der Waals surface area (Å²) in [6.45, 7) is 5.22. The standard InChI is InChI=1S/C37H33N7O2/c1-42-19-21-43(22-20-42)24-25-9-11-26(12-10-25)36(45)39-27-13-15-28(16-14-27)40-37-41-33(23-29-17-18-38-44(29)37)32-7-4-6-31-30-5-2-3-8-34(30)46-35(31)32/h2-18,23H,19-22,24H2,1H3,(H,39,45)(H,40,41). The van der Waals surface area contributed by atoms with Crippen LogP contribution in [0.1, 0.15) is 15.9 Å². The van der Waals surface area contributed by atoms with Crippen LogP contribution in [0.2, 0.25) is 0 Å². The van der Waals surface area contributed by atoms with Crippen LogP contribution in [-0.4, -0.2) is 63.5 Å². The van der Waals surface area contributed by atoms with Crippen molar-refractivity contribution < 1.29 is 9.21 Å². The minimum Gasteiger partial charge on any atom is -0.455 e. The Labute approximate surface area is 266 Å². The number of rotatable bonds is 7. The first-order valence-corrected chi connectivity index (χ1v) is 15.5. The minimum absolute atomic E-state index is 0.140. The van der Waals surface area contributed by atoms with Gasteiger partial charge in [0.2, 0.25) is 5.95 Å². The largest absolute Gasteiger partial charge is 0.455 e. The van der Waals surface area contributed by atoms with Gasteiger partial charge in [-0.3, -0.25) is 9.69 Å². The molecule has 9 nitrogen and oxygen atoms in total. The highest BCUT2D eigenvalue weighted by Gasteiger charge is 2.17. The first-order valence-electron chi connectivity index (χ1n) is 15.5. The van der Waals surface area contributed by atoms with E-state index >= 15 is 0 Å². The third-order valence-corrected chi connectivity index (χ3v) is 8.68. The summed E-state index contributed by atoms with van der Waals surface area (Å²) in [5, 5.41) is 13.0. The van der Waals surface area contributed by atoms with Gasteiger partial charge in [-0.1, -0.05) is 42.5 Å². The Morgan fingerprint density at radius 1 is 0.826 bits per heavy atom. The molecule has 0 saturated carbocycles. The summed E-state index contributed by atoms with van der Waals surface area (Å²) in [5.41, 5.74) is 7.60. The van der Waals surface area contributed by atoms with Crippen LogP contribution >= 0.6 is 0 Å². The fraction of sp³-hybridized carbons (Fsp3) is 0.162. The second kappa shape index (κ2) is 11.8. The van der Waals surface area contributed by atoms with Gasteiger partial charge >= 0.3 is 0 Å². The predicted molar refractivity (Wildman–Crippen MR) is 183 cm³/mol. The highest BCUT2D eigenvalue weighted by Crippen LogP contribution is 2.36. The molecule has 0 aliphatic carbocycles. The molecule has 228 valence electrons. The summed E-state index contributed by atoms with van der Waals surface area (Å²) in [7, 11) is 2.16. The van der Waals surface area contributed by atoms with Crippen molar-refractivity contribution in [2.45, 2.75) is 6.54 Å². The van der Waals surface area contributed by atoms with E-state index < -0.39 is 0 Å². The maximum atomic E-state index is 13.0. The second-order valence-corrected chi connectivity index (χ2v) is 11.8. The molecule has 4 heterocycles. The van der Waals surface area contributed by atoms with Crippen LogP contribution in [0, 0.1) is 0 Å². The number of amides is 1. The van der Waals surface area contributed by atoms with Crippen LogP contribution in [0.15, 0.2) is 114 Å². The van der Waals surface area contributed by atoms with Gasteiger partial charge in [-0.05, 0) is 73.3 Å².